The molecule has 0 saturated carbocycles. The van der Waals surface area contributed by atoms with Gasteiger partial charge in [-0.05, 0) is 27.2 Å². The van der Waals surface area contributed by atoms with E-state index in [4.69, 9.17) is 0 Å². The van der Waals surface area contributed by atoms with E-state index in [0.717, 1.165) is 44.9 Å². The van der Waals surface area contributed by atoms with E-state index in [1.165, 1.54) is 25.5 Å². The van der Waals surface area contributed by atoms with Gasteiger partial charge in [0, 0.05) is 48.4 Å². The summed E-state index contributed by atoms with van der Waals surface area (Å²) in [5.74, 6) is 0.870. The van der Waals surface area contributed by atoms with Crippen molar-refractivity contribution in [3.05, 3.63) is 31.7 Å². The van der Waals surface area contributed by atoms with Crippen molar-refractivity contribution in [3.63, 3.8) is 0 Å². The van der Waals surface area contributed by atoms with Gasteiger partial charge in [0.1, 0.15) is 0 Å². The highest BCUT2D eigenvalue weighted by molar-refractivity contribution is 7.11. The van der Waals surface area contributed by atoms with Gasteiger partial charge in [0.2, 0.25) is 0 Å². The van der Waals surface area contributed by atoms with Gasteiger partial charge >= 0.3 is 0 Å². The highest BCUT2D eigenvalue weighted by Crippen LogP contribution is 2.18. The summed E-state index contributed by atoms with van der Waals surface area (Å²) in [5.41, 5.74) is 1.22. The van der Waals surface area contributed by atoms with Crippen molar-refractivity contribution in [2.45, 2.75) is 47.0 Å². The van der Waals surface area contributed by atoms with Crippen LogP contribution in [0, 0.1) is 13.8 Å². The molecule has 0 atom stereocenters. The third-order valence-corrected chi connectivity index (χ3v) is 5.56. The topological polar surface area (TPSA) is 62.2 Å². The Hall–Kier alpha value is -1.47. The lowest BCUT2D eigenvalue weighted by Gasteiger charge is -2.10. The average molecular weight is 366 g/mol. The van der Waals surface area contributed by atoms with Crippen LogP contribution in [-0.4, -0.2) is 35.6 Å². The molecule has 0 saturated heterocycles. The molecule has 24 heavy (non-hydrogen) atoms. The van der Waals surface area contributed by atoms with Crippen molar-refractivity contribution < 1.29 is 0 Å². The number of rotatable bonds is 8. The Bertz CT molecular complexity index is 660. The first-order valence-electron chi connectivity index (χ1n) is 8.51. The zero-order valence-corrected chi connectivity index (χ0v) is 16.6. The van der Waals surface area contributed by atoms with E-state index in [2.05, 4.69) is 53.3 Å². The van der Waals surface area contributed by atoms with Crippen molar-refractivity contribution in [1.82, 2.24) is 20.6 Å². The van der Waals surface area contributed by atoms with E-state index >= 15 is 0 Å². The first-order chi connectivity index (χ1) is 11.6. The van der Waals surface area contributed by atoms with Gasteiger partial charge in [-0.3, -0.25) is 4.99 Å². The number of hydrogen-bond donors (Lipinski definition) is 2. The van der Waals surface area contributed by atoms with Crippen molar-refractivity contribution in [3.8, 4) is 0 Å². The van der Waals surface area contributed by atoms with E-state index in [1.54, 1.807) is 22.7 Å². The SMILES string of the molecule is CCNC(=NCCc1nc(CC)c(C)s1)NCCc1ncc(C)s1. The highest BCUT2D eigenvalue weighted by Gasteiger charge is 2.06. The fourth-order valence-electron chi connectivity index (χ4n) is 2.33. The highest BCUT2D eigenvalue weighted by atomic mass is 32.1. The van der Waals surface area contributed by atoms with Gasteiger partial charge in [0.15, 0.2) is 5.96 Å². The van der Waals surface area contributed by atoms with Crippen molar-refractivity contribution >= 4 is 28.6 Å². The van der Waals surface area contributed by atoms with Gasteiger partial charge in [-0.15, -0.1) is 22.7 Å². The van der Waals surface area contributed by atoms with Crippen LogP contribution in [0.1, 0.15) is 39.3 Å². The monoisotopic (exact) mass is 365 g/mol. The number of guanidine groups is 1. The minimum atomic E-state index is 0.752. The fourth-order valence-corrected chi connectivity index (χ4v) is 4.13. The molecule has 2 aromatic heterocycles. The van der Waals surface area contributed by atoms with Gasteiger partial charge in [-0.1, -0.05) is 6.92 Å². The molecular formula is C17H27N5S2. The van der Waals surface area contributed by atoms with E-state index < -0.39 is 0 Å². The van der Waals surface area contributed by atoms with E-state index in [9.17, 15) is 0 Å². The molecule has 0 radical (unpaired) electrons. The number of hydrogen-bond acceptors (Lipinski definition) is 5. The molecule has 2 aromatic rings. The van der Waals surface area contributed by atoms with Crippen molar-refractivity contribution in [2.75, 3.05) is 19.6 Å². The van der Waals surface area contributed by atoms with Crippen LogP contribution in [0.2, 0.25) is 0 Å². The molecule has 132 valence electrons. The predicted octanol–water partition coefficient (Wildman–Crippen LogP) is 3.12. The summed E-state index contributed by atoms with van der Waals surface area (Å²) >= 11 is 3.55. The van der Waals surface area contributed by atoms with Crippen LogP contribution in [0.3, 0.4) is 0 Å². The third kappa shape index (κ3) is 5.87. The fraction of sp³-hybridized carbons (Fsp3) is 0.588. The molecule has 0 aliphatic rings. The minimum Gasteiger partial charge on any atom is -0.357 e. The van der Waals surface area contributed by atoms with Crippen LogP contribution in [0.25, 0.3) is 0 Å². The zero-order chi connectivity index (χ0) is 17.4. The molecule has 0 amide bonds. The molecule has 0 fully saturated rings. The summed E-state index contributed by atoms with van der Waals surface area (Å²) in [6.07, 6.45) is 4.76. The molecule has 2 N–H and O–H groups in total. The molecule has 2 heterocycles. The average Bonchev–Trinajstić information content (AvgIpc) is 3.12. The van der Waals surface area contributed by atoms with E-state index in [0.29, 0.717) is 0 Å². The number of aryl methyl sites for hydroxylation is 3. The van der Waals surface area contributed by atoms with Gasteiger partial charge in [-0.25, -0.2) is 9.97 Å². The van der Waals surface area contributed by atoms with Crippen LogP contribution in [0.4, 0.5) is 0 Å². The first-order valence-corrected chi connectivity index (χ1v) is 10.1. The molecule has 0 aliphatic carbocycles. The summed E-state index contributed by atoms with van der Waals surface area (Å²) in [5, 5.41) is 9.02. The maximum absolute atomic E-state index is 4.68. The summed E-state index contributed by atoms with van der Waals surface area (Å²) in [7, 11) is 0. The Morgan fingerprint density at radius 3 is 2.58 bits per heavy atom. The van der Waals surface area contributed by atoms with Crippen LogP contribution in [0.15, 0.2) is 11.2 Å². The molecular weight excluding hydrogens is 338 g/mol. The largest absolute Gasteiger partial charge is 0.357 e. The molecule has 0 unspecified atom stereocenters. The summed E-state index contributed by atoms with van der Waals surface area (Å²) in [4.78, 5) is 16.3. The number of aliphatic imine (C=N–C) groups is 1. The van der Waals surface area contributed by atoms with Gasteiger partial charge in [0.05, 0.1) is 15.7 Å². The van der Waals surface area contributed by atoms with E-state index in [1.807, 2.05) is 6.20 Å². The van der Waals surface area contributed by atoms with E-state index in [-0.39, 0.29) is 0 Å². The second-order valence-corrected chi connectivity index (χ2v) is 8.12. The molecule has 7 heteroatoms. The van der Waals surface area contributed by atoms with Crippen LogP contribution >= 0.6 is 22.7 Å². The summed E-state index contributed by atoms with van der Waals surface area (Å²) in [6.45, 7) is 10.9. The molecule has 0 aromatic carbocycles. The smallest absolute Gasteiger partial charge is 0.191 e. The Balaban J connectivity index is 1.80. The summed E-state index contributed by atoms with van der Waals surface area (Å²) in [6, 6.07) is 0. The number of thiazole rings is 2. The van der Waals surface area contributed by atoms with Crippen molar-refractivity contribution in [2.24, 2.45) is 4.99 Å². The number of nitrogens with zero attached hydrogens (tertiary/aromatic N) is 3. The minimum absolute atomic E-state index is 0.752. The van der Waals surface area contributed by atoms with Crippen LogP contribution in [-0.2, 0) is 19.3 Å². The Morgan fingerprint density at radius 2 is 1.96 bits per heavy atom. The van der Waals surface area contributed by atoms with Gasteiger partial charge in [-0.2, -0.15) is 0 Å². The standard InChI is InChI=1S/C17H27N5S2/c1-5-14-13(4)24-16(22-14)8-10-20-17(18-6-2)19-9-7-15-21-11-12(3)23-15/h11H,5-10H2,1-4H3,(H2,18,19,20). The third-order valence-electron chi connectivity index (χ3n) is 3.51. The number of nitrogens with one attached hydrogen (secondary N) is 2. The van der Waals surface area contributed by atoms with Gasteiger partial charge < -0.3 is 10.6 Å². The second kappa shape index (κ2) is 9.74. The molecule has 2 rings (SSSR count). The maximum Gasteiger partial charge on any atom is 0.191 e. The number of aromatic nitrogens is 2. The molecule has 0 aliphatic heterocycles. The molecule has 0 bridgehead atoms. The normalized spacial score (nSPS) is 11.8. The van der Waals surface area contributed by atoms with Crippen molar-refractivity contribution in [1.29, 1.82) is 0 Å². The quantitative estimate of drug-likeness (QED) is 0.557. The van der Waals surface area contributed by atoms with Crippen LogP contribution < -0.4 is 10.6 Å². The predicted molar refractivity (Wildman–Crippen MR) is 104 cm³/mol. The lowest BCUT2D eigenvalue weighted by Crippen LogP contribution is -2.38. The Kier molecular flexibility index (Phi) is 7.65. The lowest BCUT2D eigenvalue weighted by molar-refractivity contribution is 0.793. The van der Waals surface area contributed by atoms with Crippen LogP contribution in [0.5, 0.6) is 0 Å². The Labute approximate surface area is 152 Å². The maximum atomic E-state index is 4.68. The lowest BCUT2D eigenvalue weighted by atomic mass is 10.3. The molecule has 0 spiro atoms. The Morgan fingerprint density at radius 1 is 1.12 bits per heavy atom. The molecule has 5 nitrogen and oxygen atoms in total. The first kappa shape index (κ1) is 18.9. The summed E-state index contributed by atoms with van der Waals surface area (Å²) < 4.78 is 0. The zero-order valence-electron chi connectivity index (χ0n) is 15.0. The van der Waals surface area contributed by atoms with Gasteiger partial charge in [0.25, 0.3) is 0 Å². The second-order valence-electron chi connectivity index (χ2n) is 5.52.